The molecule has 0 amide bonds. The number of halogens is 1. The van der Waals surface area contributed by atoms with Crippen molar-refractivity contribution >= 4 is 11.6 Å². The Kier molecular flexibility index (Phi) is 4.47. The maximum atomic E-state index is 6.26. The van der Waals surface area contributed by atoms with Crippen LogP contribution in [0.5, 0.6) is 5.75 Å². The molecule has 2 aromatic rings. The van der Waals surface area contributed by atoms with Crippen LogP contribution in [0, 0.1) is 0 Å². The van der Waals surface area contributed by atoms with Gasteiger partial charge in [-0.05, 0) is 41.8 Å². The first-order valence-corrected chi connectivity index (χ1v) is 7.88. The normalized spacial score (nSPS) is 14.6. The standard InChI is InChI=1S/C18H20ClNO/c1-2-20-17(13-6-4-3-5-7-13)12-15-11-16(19)10-14-8-9-21-18(14)15/h3-7,10-11,17,20H,2,8-9,12H2,1H3. The van der Waals surface area contributed by atoms with Crippen molar-refractivity contribution in [3.63, 3.8) is 0 Å². The zero-order valence-corrected chi connectivity index (χ0v) is 13.0. The molecule has 1 aliphatic heterocycles. The molecule has 1 heterocycles. The maximum absolute atomic E-state index is 6.26. The summed E-state index contributed by atoms with van der Waals surface area (Å²) < 4.78 is 5.81. The smallest absolute Gasteiger partial charge is 0.125 e. The summed E-state index contributed by atoms with van der Waals surface area (Å²) in [4.78, 5) is 0. The van der Waals surface area contributed by atoms with Crippen LogP contribution in [0.3, 0.4) is 0 Å². The molecule has 110 valence electrons. The van der Waals surface area contributed by atoms with Gasteiger partial charge in [-0.25, -0.2) is 0 Å². The molecule has 21 heavy (non-hydrogen) atoms. The number of nitrogens with one attached hydrogen (secondary N) is 1. The Bertz CT molecular complexity index is 612. The molecule has 0 saturated heterocycles. The third kappa shape index (κ3) is 3.22. The molecule has 1 unspecified atom stereocenters. The van der Waals surface area contributed by atoms with Gasteiger partial charge < -0.3 is 10.1 Å². The first kappa shape index (κ1) is 14.4. The van der Waals surface area contributed by atoms with E-state index in [0.29, 0.717) is 0 Å². The number of hydrogen-bond acceptors (Lipinski definition) is 2. The molecule has 2 aromatic carbocycles. The Labute approximate surface area is 131 Å². The largest absolute Gasteiger partial charge is 0.493 e. The Morgan fingerprint density at radius 2 is 2.05 bits per heavy atom. The molecule has 2 nitrogen and oxygen atoms in total. The van der Waals surface area contributed by atoms with Gasteiger partial charge in [0, 0.05) is 17.5 Å². The van der Waals surface area contributed by atoms with Crippen molar-refractivity contribution in [1.29, 1.82) is 0 Å². The molecule has 0 aromatic heterocycles. The lowest BCUT2D eigenvalue weighted by atomic mass is 9.96. The van der Waals surface area contributed by atoms with Crippen LogP contribution in [-0.4, -0.2) is 13.2 Å². The molecular weight excluding hydrogens is 282 g/mol. The molecule has 0 aliphatic carbocycles. The Morgan fingerprint density at radius 1 is 1.24 bits per heavy atom. The van der Waals surface area contributed by atoms with E-state index in [0.717, 1.165) is 36.8 Å². The van der Waals surface area contributed by atoms with Gasteiger partial charge in [0.25, 0.3) is 0 Å². The van der Waals surface area contributed by atoms with Crippen molar-refractivity contribution in [3.8, 4) is 5.75 Å². The zero-order chi connectivity index (χ0) is 14.7. The average molecular weight is 302 g/mol. The molecule has 1 atom stereocenters. The summed E-state index contributed by atoms with van der Waals surface area (Å²) >= 11 is 6.26. The lowest BCUT2D eigenvalue weighted by molar-refractivity contribution is 0.351. The lowest BCUT2D eigenvalue weighted by Gasteiger charge is -2.20. The van der Waals surface area contributed by atoms with Crippen LogP contribution in [0.25, 0.3) is 0 Å². The third-order valence-electron chi connectivity index (χ3n) is 3.90. The van der Waals surface area contributed by atoms with Crippen LogP contribution >= 0.6 is 11.6 Å². The van der Waals surface area contributed by atoms with Crippen LogP contribution in [0.15, 0.2) is 42.5 Å². The molecule has 0 radical (unpaired) electrons. The topological polar surface area (TPSA) is 21.3 Å². The van der Waals surface area contributed by atoms with Gasteiger partial charge in [0.05, 0.1) is 6.61 Å². The van der Waals surface area contributed by atoms with Gasteiger partial charge in [-0.1, -0.05) is 48.9 Å². The SMILES string of the molecule is CCNC(Cc1cc(Cl)cc2c1OCC2)c1ccccc1. The quantitative estimate of drug-likeness (QED) is 0.895. The highest BCUT2D eigenvalue weighted by Gasteiger charge is 2.20. The van der Waals surface area contributed by atoms with Gasteiger partial charge in [0.2, 0.25) is 0 Å². The van der Waals surface area contributed by atoms with Crippen molar-refractivity contribution in [2.24, 2.45) is 0 Å². The minimum Gasteiger partial charge on any atom is -0.493 e. The molecule has 3 heteroatoms. The predicted octanol–water partition coefficient (Wildman–Crippen LogP) is 4.17. The summed E-state index contributed by atoms with van der Waals surface area (Å²) in [5.74, 6) is 1.04. The zero-order valence-electron chi connectivity index (χ0n) is 12.2. The second kappa shape index (κ2) is 6.50. The second-order valence-corrected chi connectivity index (χ2v) is 5.81. The van der Waals surface area contributed by atoms with Crippen LogP contribution in [0.1, 0.15) is 29.7 Å². The number of fused-ring (bicyclic) bond motifs is 1. The molecular formula is C18H20ClNO. The fourth-order valence-corrected chi connectivity index (χ4v) is 3.22. The van der Waals surface area contributed by atoms with E-state index in [-0.39, 0.29) is 6.04 Å². The fourth-order valence-electron chi connectivity index (χ4n) is 2.96. The molecule has 3 rings (SSSR count). The van der Waals surface area contributed by atoms with Crippen molar-refractivity contribution in [2.45, 2.75) is 25.8 Å². The number of hydrogen-bond donors (Lipinski definition) is 1. The minimum absolute atomic E-state index is 0.281. The van der Waals surface area contributed by atoms with Crippen LogP contribution in [-0.2, 0) is 12.8 Å². The van der Waals surface area contributed by atoms with Crippen LogP contribution < -0.4 is 10.1 Å². The average Bonchev–Trinajstić information content (AvgIpc) is 2.96. The van der Waals surface area contributed by atoms with E-state index < -0.39 is 0 Å². The Hall–Kier alpha value is -1.51. The summed E-state index contributed by atoms with van der Waals surface area (Å²) in [5, 5.41) is 4.36. The Morgan fingerprint density at radius 3 is 2.81 bits per heavy atom. The Balaban J connectivity index is 1.90. The summed E-state index contributed by atoms with van der Waals surface area (Å²) in [6, 6.07) is 14.9. The van der Waals surface area contributed by atoms with Gasteiger partial charge in [-0.3, -0.25) is 0 Å². The van der Waals surface area contributed by atoms with Gasteiger partial charge in [0.1, 0.15) is 5.75 Å². The van der Waals surface area contributed by atoms with Crippen LogP contribution in [0.4, 0.5) is 0 Å². The summed E-state index contributed by atoms with van der Waals surface area (Å²) in [5.41, 5.74) is 3.73. The van der Waals surface area contributed by atoms with Crippen molar-refractivity contribution < 1.29 is 4.74 Å². The molecule has 0 saturated carbocycles. The molecule has 0 fully saturated rings. The fraction of sp³-hybridized carbons (Fsp3) is 0.333. The monoisotopic (exact) mass is 301 g/mol. The highest BCUT2D eigenvalue weighted by molar-refractivity contribution is 6.30. The first-order chi connectivity index (χ1) is 10.3. The van der Waals surface area contributed by atoms with Crippen molar-refractivity contribution in [1.82, 2.24) is 5.32 Å². The number of ether oxygens (including phenoxy) is 1. The van der Waals surface area contributed by atoms with Gasteiger partial charge >= 0.3 is 0 Å². The van der Waals surface area contributed by atoms with E-state index >= 15 is 0 Å². The molecule has 0 spiro atoms. The predicted molar refractivity (Wildman–Crippen MR) is 87.2 cm³/mol. The summed E-state index contributed by atoms with van der Waals surface area (Å²) in [6.07, 6.45) is 1.85. The van der Waals surface area contributed by atoms with Crippen molar-refractivity contribution in [3.05, 3.63) is 64.2 Å². The summed E-state index contributed by atoms with van der Waals surface area (Å²) in [6.45, 7) is 3.83. The van der Waals surface area contributed by atoms with Crippen molar-refractivity contribution in [2.75, 3.05) is 13.2 Å². The van der Waals surface area contributed by atoms with E-state index in [4.69, 9.17) is 16.3 Å². The third-order valence-corrected chi connectivity index (χ3v) is 4.12. The van der Waals surface area contributed by atoms with E-state index in [9.17, 15) is 0 Å². The summed E-state index contributed by atoms with van der Waals surface area (Å²) in [7, 11) is 0. The first-order valence-electron chi connectivity index (χ1n) is 7.50. The highest BCUT2D eigenvalue weighted by atomic mass is 35.5. The van der Waals surface area contributed by atoms with Gasteiger partial charge in [-0.2, -0.15) is 0 Å². The molecule has 1 N–H and O–H groups in total. The minimum atomic E-state index is 0.281. The van der Waals surface area contributed by atoms with E-state index in [2.05, 4.69) is 36.5 Å². The highest BCUT2D eigenvalue weighted by Crippen LogP contribution is 2.35. The van der Waals surface area contributed by atoms with E-state index in [1.165, 1.54) is 16.7 Å². The van der Waals surface area contributed by atoms with Crippen LogP contribution in [0.2, 0.25) is 5.02 Å². The molecule has 0 bridgehead atoms. The van der Waals surface area contributed by atoms with Gasteiger partial charge in [0.15, 0.2) is 0 Å². The number of likely N-dealkylation sites (N-methyl/N-ethyl adjacent to an activating group) is 1. The number of rotatable bonds is 5. The maximum Gasteiger partial charge on any atom is 0.125 e. The lowest BCUT2D eigenvalue weighted by Crippen LogP contribution is -2.23. The molecule has 1 aliphatic rings. The van der Waals surface area contributed by atoms with Gasteiger partial charge in [-0.15, -0.1) is 0 Å². The van der Waals surface area contributed by atoms with E-state index in [1.54, 1.807) is 0 Å². The number of benzene rings is 2. The second-order valence-electron chi connectivity index (χ2n) is 5.38. The van der Waals surface area contributed by atoms with E-state index in [1.807, 2.05) is 18.2 Å².